The van der Waals surface area contributed by atoms with E-state index < -0.39 is 9.84 Å². The van der Waals surface area contributed by atoms with Crippen LogP contribution >= 0.6 is 0 Å². The first-order valence-electron chi connectivity index (χ1n) is 9.75. The van der Waals surface area contributed by atoms with E-state index in [1.165, 1.54) is 7.11 Å². The van der Waals surface area contributed by atoms with Gasteiger partial charge in [-0.15, -0.1) is 0 Å². The molecule has 1 aromatic heterocycles. The number of rotatable bonds is 5. The van der Waals surface area contributed by atoms with E-state index in [0.717, 1.165) is 41.7 Å². The Morgan fingerprint density at radius 2 is 2.07 bits per heavy atom. The van der Waals surface area contributed by atoms with Crippen molar-refractivity contribution in [3.63, 3.8) is 0 Å². The Labute approximate surface area is 171 Å². The summed E-state index contributed by atoms with van der Waals surface area (Å²) in [5.41, 5.74) is 2.49. The van der Waals surface area contributed by atoms with E-state index in [2.05, 4.69) is 17.1 Å². The first-order valence-corrected chi connectivity index (χ1v) is 11.2. The summed E-state index contributed by atoms with van der Waals surface area (Å²) in [5.74, 6) is 0.347. The van der Waals surface area contributed by atoms with Gasteiger partial charge in [-0.05, 0) is 49.7 Å². The molecule has 2 aromatic carbocycles. The molecule has 1 unspecified atom stereocenters. The number of ether oxygens (including phenoxy) is 1. The van der Waals surface area contributed by atoms with Crippen LogP contribution in [0, 0.1) is 6.92 Å². The van der Waals surface area contributed by atoms with E-state index in [4.69, 9.17) is 9.15 Å². The van der Waals surface area contributed by atoms with Crippen LogP contribution in [0.1, 0.15) is 18.1 Å². The van der Waals surface area contributed by atoms with Crippen molar-refractivity contribution in [1.29, 1.82) is 0 Å². The highest BCUT2D eigenvalue weighted by molar-refractivity contribution is 7.91. The van der Waals surface area contributed by atoms with E-state index in [0.29, 0.717) is 18.3 Å². The Hall–Kier alpha value is -2.35. The van der Waals surface area contributed by atoms with Gasteiger partial charge in [0.05, 0.1) is 18.3 Å². The molecule has 0 bridgehead atoms. The summed E-state index contributed by atoms with van der Waals surface area (Å²) < 4.78 is 38.0. The average Bonchev–Trinajstić information content (AvgIpc) is 3.18. The van der Waals surface area contributed by atoms with Gasteiger partial charge in [-0.25, -0.2) is 8.42 Å². The zero-order chi connectivity index (χ0) is 20.6. The molecule has 0 radical (unpaired) electrons. The molecule has 1 saturated heterocycles. The van der Waals surface area contributed by atoms with Crippen LogP contribution in [0.25, 0.3) is 11.0 Å². The van der Waals surface area contributed by atoms with Crippen molar-refractivity contribution < 1.29 is 17.6 Å². The second-order valence-corrected chi connectivity index (χ2v) is 9.52. The van der Waals surface area contributed by atoms with Gasteiger partial charge in [-0.1, -0.05) is 6.07 Å². The number of nitrogens with zero attached hydrogens (tertiary/aromatic N) is 1. The minimum absolute atomic E-state index is 0.185. The number of sulfone groups is 1. The summed E-state index contributed by atoms with van der Waals surface area (Å²) in [5, 5.41) is 4.17. The summed E-state index contributed by atoms with van der Waals surface area (Å²) in [6.07, 6.45) is 1.61. The quantitative estimate of drug-likeness (QED) is 0.690. The summed E-state index contributed by atoms with van der Waals surface area (Å²) >= 11 is 0. The number of piperazine rings is 1. The molecule has 154 valence electrons. The van der Waals surface area contributed by atoms with Gasteiger partial charge in [-0.2, -0.15) is 0 Å². The number of methoxy groups -OCH3 is 1. The maximum atomic E-state index is 13.5. The van der Waals surface area contributed by atoms with Crippen LogP contribution in [0.3, 0.4) is 0 Å². The van der Waals surface area contributed by atoms with Gasteiger partial charge in [0.25, 0.3) is 0 Å². The van der Waals surface area contributed by atoms with Crippen molar-refractivity contribution in [2.24, 2.45) is 0 Å². The summed E-state index contributed by atoms with van der Waals surface area (Å²) in [4.78, 5) is 2.79. The lowest BCUT2D eigenvalue weighted by molar-refractivity contribution is 0.165. The minimum atomic E-state index is -3.75. The van der Waals surface area contributed by atoms with Crippen molar-refractivity contribution in [2.45, 2.75) is 36.2 Å². The number of furan rings is 1. The first-order chi connectivity index (χ1) is 13.9. The maximum absolute atomic E-state index is 13.5. The van der Waals surface area contributed by atoms with Crippen molar-refractivity contribution >= 4 is 20.8 Å². The van der Waals surface area contributed by atoms with Crippen LogP contribution in [0.2, 0.25) is 0 Å². The Morgan fingerprint density at radius 3 is 2.83 bits per heavy atom. The predicted octanol–water partition coefficient (Wildman–Crippen LogP) is 3.38. The SMILES string of the molecule is COc1ccc(C)cc1S(=O)(=O)c1cc(CN2CCNCC2C)c2occc2c1. The number of nitrogens with one attached hydrogen (secondary N) is 1. The highest BCUT2D eigenvalue weighted by atomic mass is 32.2. The van der Waals surface area contributed by atoms with Crippen LogP contribution in [0.4, 0.5) is 0 Å². The van der Waals surface area contributed by atoms with Gasteiger partial charge in [0.2, 0.25) is 9.84 Å². The van der Waals surface area contributed by atoms with Gasteiger partial charge in [0, 0.05) is 43.2 Å². The fourth-order valence-corrected chi connectivity index (χ4v) is 5.45. The lowest BCUT2D eigenvalue weighted by Gasteiger charge is -2.33. The molecule has 1 atom stereocenters. The summed E-state index contributed by atoms with van der Waals surface area (Å²) in [6, 6.07) is 10.8. The standard InChI is InChI=1S/C22H26N2O4S/c1-15-4-5-20(27-3)21(10-15)29(25,26)19-11-17-6-9-28-22(17)18(12-19)14-24-8-7-23-13-16(24)2/h4-6,9-12,16,23H,7-8,13-14H2,1-3H3. The molecule has 2 heterocycles. The van der Waals surface area contributed by atoms with E-state index in [-0.39, 0.29) is 9.79 Å². The summed E-state index contributed by atoms with van der Waals surface area (Å²) in [6.45, 7) is 7.43. The van der Waals surface area contributed by atoms with Crippen LogP contribution in [0.5, 0.6) is 5.75 Å². The average molecular weight is 415 g/mol. The Kier molecular flexibility index (Phi) is 5.38. The molecule has 7 heteroatoms. The van der Waals surface area contributed by atoms with E-state index in [1.54, 1.807) is 30.5 Å². The second kappa shape index (κ2) is 7.82. The number of aryl methyl sites for hydroxylation is 1. The molecule has 1 fully saturated rings. The predicted molar refractivity (Wildman–Crippen MR) is 112 cm³/mol. The molecule has 3 aromatic rings. The highest BCUT2D eigenvalue weighted by Gasteiger charge is 2.26. The smallest absolute Gasteiger partial charge is 0.210 e. The number of benzene rings is 2. The largest absolute Gasteiger partial charge is 0.495 e. The van der Waals surface area contributed by atoms with E-state index >= 15 is 0 Å². The monoisotopic (exact) mass is 414 g/mol. The van der Waals surface area contributed by atoms with Crippen LogP contribution < -0.4 is 10.1 Å². The van der Waals surface area contributed by atoms with Crippen molar-refractivity contribution in [3.05, 3.63) is 53.8 Å². The fraction of sp³-hybridized carbons (Fsp3) is 0.364. The number of fused-ring (bicyclic) bond motifs is 1. The van der Waals surface area contributed by atoms with Crippen LogP contribution in [-0.4, -0.2) is 46.1 Å². The van der Waals surface area contributed by atoms with Crippen molar-refractivity contribution in [2.75, 3.05) is 26.7 Å². The van der Waals surface area contributed by atoms with Crippen LogP contribution in [-0.2, 0) is 16.4 Å². The van der Waals surface area contributed by atoms with Gasteiger partial charge < -0.3 is 14.5 Å². The third kappa shape index (κ3) is 3.77. The molecular formula is C22H26N2O4S. The molecule has 6 nitrogen and oxygen atoms in total. The third-order valence-electron chi connectivity index (χ3n) is 5.53. The first kappa shape index (κ1) is 19.9. The van der Waals surface area contributed by atoms with E-state index in [9.17, 15) is 8.42 Å². The van der Waals surface area contributed by atoms with Gasteiger partial charge in [0.1, 0.15) is 16.2 Å². The maximum Gasteiger partial charge on any atom is 0.210 e. The Morgan fingerprint density at radius 1 is 1.24 bits per heavy atom. The Bertz CT molecular complexity index is 1140. The molecule has 4 rings (SSSR count). The molecule has 0 amide bonds. The molecule has 0 spiro atoms. The third-order valence-corrected chi connectivity index (χ3v) is 7.29. The van der Waals surface area contributed by atoms with Gasteiger partial charge in [0.15, 0.2) is 0 Å². The normalized spacial score (nSPS) is 18.2. The van der Waals surface area contributed by atoms with E-state index in [1.807, 2.05) is 19.1 Å². The van der Waals surface area contributed by atoms with Gasteiger partial charge in [-0.3, -0.25) is 4.90 Å². The molecule has 1 aliphatic rings. The topological polar surface area (TPSA) is 71.8 Å². The Balaban J connectivity index is 1.81. The van der Waals surface area contributed by atoms with Crippen molar-refractivity contribution in [3.8, 4) is 5.75 Å². The van der Waals surface area contributed by atoms with Crippen molar-refractivity contribution in [1.82, 2.24) is 10.2 Å². The fourth-order valence-electron chi connectivity index (χ4n) is 3.86. The number of hydrogen-bond acceptors (Lipinski definition) is 6. The second-order valence-electron chi connectivity index (χ2n) is 7.60. The highest BCUT2D eigenvalue weighted by Crippen LogP contribution is 2.34. The molecule has 0 aliphatic carbocycles. The van der Waals surface area contributed by atoms with Gasteiger partial charge >= 0.3 is 0 Å². The van der Waals surface area contributed by atoms with Crippen LogP contribution in [0.15, 0.2) is 56.9 Å². The summed E-state index contributed by atoms with van der Waals surface area (Å²) in [7, 11) is -2.26. The minimum Gasteiger partial charge on any atom is -0.495 e. The molecule has 1 N–H and O–H groups in total. The lowest BCUT2D eigenvalue weighted by Crippen LogP contribution is -2.49. The lowest BCUT2D eigenvalue weighted by atomic mass is 10.1. The zero-order valence-corrected chi connectivity index (χ0v) is 17.8. The molecule has 1 aliphatic heterocycles. The molecule has 29 heavy (non-hydrogen) atoms. The number of hydrogen-bond donors (Lipinski definition) is 1. The zero-order valence-electron chi connectivity index (χ0n) is 16.9. The molecular weight excluding hydrogens is 388 g/mol. The molecule has 0 saturated carbocycles.